The number of furan rings is 2. The van der Waals surface area contributed by atoms with Crippen molar-refractivity contribution < 1.29 is 8.83 Å². The van der Waals surface area contributed by atoms with Gasteiger partial charge in [0.15, 0.2) is 0 Å². The van der Waals surface area contributed by atoms with Gasteiger partial charge in [-0.15, -0.1) is 0 Å². The molecule has 0 fully saturated rings. The molecule has 9 aromatic carbocycles. The van der Waals surface area contributed by atoms with Crippen LogP contribution in [0.4, 0.5) is 0 Å². The lowest BCUT2D eigenvalue weighted by Crippen LogP contribution is -2.46. The van der Waals surface area contributed by atoms with Gasteiger partial charge in [0.05, 0.1) is 0 Å². The Hall–Kier alpha value is -7.73. The third kappa shape index (κ3) is 5.50. The Balaban J connectivity index is 0.932. The van der Waals surface area contributed by atoms with Crippen molar-refractivity contribution in [2.75, 3.05) is 7.05 Å². The van der Waals surface area contributed by atoms with Crippen LogP contribution in [0.2, 0.25) is 0 Å². The van der Waals surface area contributed by atoms with E-state index in [1.165, 1.54) is 33.0 Å². The van der Waals surface area contributed by atoms with Crippen molar-refractivity contribution in [2.24, 2.45) is 4.99 Å². The smallest absolute Gasteiger partial charge is 0.143 e. The molecule has 13 rings (SSSR count). The minimum absolute atomic E-state index is 0.174. The van der Waals surface area contributed by atoms with Crippen LogP contribution in [0.5, 0.6) is 0 Å². The number of benzene rings is 9. The summed E-state index contributed by atoms with van der Waals surface area (Å²) in [6, 6.07) is 67.5. The predicted molar refractivity (Wildman–Crippen MR) is 263 cm³/mol. The lowest BCUT2D eigenvalue weighted by molar-refractivity contribution is 0.257. The highest BCUT2D eigenvalue weighted by atomic mass is 16.3. The molecule has 306 valence electrons. The van der Waals surface area contributed by atoms with Gasteiger partial charge in [0.25, 0.3) is 0 Å². The van der Waals surface area contributed by atoms with Crippen molar-refractivity contribution in [3.63, 3.8) is 0 Å². The molecule has 2 aromatic heterocycles. The molecule has 11 aromatic rings. The van der Waals surface area contributed by atoms with Crippen molar-refractivity contribution in [3.05, 3.63) is 216 Å². The van der Waals surface area contributed by atoms with Crippen molar-refractivity contribution in [3.8, 4) is 33.4 Å². The Labute approximate surface area is 370 Å². The first kappa shape index (κ1) is 36.9. The topological polar surface area (TPSA) is 53.9 Å². The van der Waals surface area contributed by atoms with E-state index < -0.39 is 0 Å². The number of para-hydroxylation sites is 4. The van der Waals surface area contributed by atoms with Gasteiger partial charge in [-0.3, -0.25) is 5.32 Å². The number of aliphatic imine (C=N–C) groups is 1. The van der Waals surface area contributed by atoms with E-state index in [1.54, 1.807) is 0 Å². The molecule has 1 aliphatic carbocycles. The van der Waals surface area contributed by atoms with Crippen LogP contribution in [0.3, 0.4) is 0 Å². The van der Waals surface area contributed by atoms with Gasteiger partial charge in [0, 0.05) is 50.7 Å². The van der Waals surface area contributed by atoms with Gasteiger partial charge in [0.2, 0.25) is 0 Å². The third-order valence-electron chi connectivity index (χ3n) is 14.0. The van der Waals surface area contributed by atoms with E-state index in [4.69, 9.17) is 13.8 Å². The van der Waals surface area contributed by atoms with E-state index in [0.717, 1.165) is 88.7 Å². The Morgan fingerprint density at radius 3 is 1.62 bits per heavy atom. The van der Waals surface area contributed by atoms with E-state index in [0.29, 0.717) is 0 Å². The first-order valence-corrected chi connectivity index (χ1v) is 22.1. The summed E-state index contributed by atoms with van der Waals surface area (Å²) in [6.45, 7) is 4.72. The number of hydrogen-bond acceptors (Lipinski definition) is 5. The van der Waals surface area contributed by atoms with E-state index >= 15 is 0 Å². The number of fused-ring (bicyclic) bond motifs is 10. The Kier molecular flexibility index (Phi) is 8.00. The van der Waals surface area contributed by atoms with Crippen LogP contribution in [0.1, 0.15) is 54.0 Å². The number of amidine groups is 1. The second kappa shape index (κ2) is 13.9. The van der Waals surface area contributed by atoms with Gasteiger partial charge in [-0.25, -0.2) is 4.99 Å². The maximum absolute atomic E-state index is 6.46. The summed E-state index contributed by atoms with van der Waals surface area (Å²) in [7, 11) is 2.17. The normalized spacial score (nSPS) is 16.8. The van der Waals surface area contributed by atoms with Gasteiger partial charge in [-0.1, -0.05) is 178 Å². The number of nitrogens with zero attached hydrogens (tertiary/aromatic N) is 2. The molecule has 0 spiro atoms. The fourth-order valence-electron chi connectivity index (χ4n) is 10.7. The van der Waals surface area contributed by atoms with Crippen molar-refractivity contribution in [2.45, 2.75) is 31.6 Å². The summed E-state index contributed by atoms with van der Waals surface area (Å²) in [5.41, 5.74) is 16.4. The molecular weight excluding hydrogens is 783 g/mol. The maximum atomic E-state index is 6.46. The van der Waals surface area contributed by atoms with Crippen LogP contribution in [0.15, 0.2) is 202 Å². The average Bonchev–Trinajstić information content (AvgIpc) is 3.99. The summed E-state index contributed by atoms with van der Waals surface area (Å²) < 4.78 is 12.9. The summed E-state index contributed by atoms with van der Waals surface area (Å²) >= 11 is 0. The maximum Gasteiger partial charge on any atom is 0.143 e. The van der Waals surface area contributed by atoms with Crippen LogP contribution in [0, 0.1) is 0 Å². The minimum Gasteiger partial charge on any atom is -0.455 e. The molecule has 0 radical (unpaired) electrons. The van der Waals surface area contributed by atoms with Gasteiger partial charge in [0.1, 0.15) is 40.5 Å². The molecular formula is C59H43N3O2. The molecule has 5 nitrogen and oxygen atoms in total. The number of rotatable bonds is 5. The first-order valence-electron chi connectivity index (χ1n) is 22.1. The molecule has 0 saturated heterocycles. The molecule has 0 bridgehead atoms. The van der Waals surface area contributed by atoms with E-state index in [1.807, 2.05) is 24.3 Å². The Morgan fingerprint density at radius 1 is 0.484 bits per heavy atom. The van der Waals surface area contributed by atoms with Crippen LogP contribution >= 0.6 is 0 Å². The molecule has 5 heteroatoms. The van der Waals surface area contributed by atoms with Crippen LogP contribution in [0.25, 0.3) is 88.0 Å². The van der Waals surface area contributed by atoms with Gasteiger partial charge in [-0.05, 0) is 79.5 Å². The summed E-state index contributed by atoms with van der Waals surface area (Å²) in [4.78, 5) is 7.96. The highest BCUT2D eigenvalue weighted by Crippen LogP contribution is 2.52. The zero-order valence-corrected chi connectivity index (χ0v) is 35.8. The molecule has 1 aliphatic heterocycles. The molecule has 0 saturated carbocycles. The van der Waals surface area contributed by atoms with Gasteiger partial charge in [-0.2, -0.15) is 0 Å². The molecule has 2 atom stereocenters. The SMILES string of the molecule is CN1C(c2cccc3c2-c2cc4ccccc4cc2C3(C)C)=NC(c2ccc(-c3cccc4c3oc3ccccc34)cc2)NC1c1ccc(-c2cccc3c2oc2ccccc23)cc1. The summed E-state index contributed by atoms with van der Waals surface area (Å²) in [5, 5.41) is 11.0. The lowest BCUT2D eigenvalue weighted by Gasteiger charge is -2.39. The monoisotopic (exact) mass is 825 g/mol. The third-order valence-corrected chi connectivity index (χ3v) is 14.0. The largest absolute Gasteiger partial charge is 0.455 e. The lowest BCUT2D eigenvalue weighted by atomic mass is 9.81. The second-order valence-corrected chi connectivity index (χ2v) is 17.9. The average molecular weight is 826 g/mol. The standard InChI is InChI=1S/C59H43N3O2/c1-59(2)49-22-12-21-47(53(49)48-33-39-13-4-5-14-40(39)34-50(48)59)58-61-56(37-29-25-35(26-30-37)41-17-10-19-45-43-15-6-8-23-51(43)63-54(41)45)60-57(62(58)3)38-31-27-36(28-32-38)42-18-11-20-46-44-16-7-9-24-52(44)64-55(42)46/h4-34,56-57,60H,1-3H3. The zero-order chi connectivity index (χ0) is 42.7. The summed E-state index contributed by atoms with van der Waals surface area (Å²) in [6.07, 6.45) is -0.503. The Bertz CT molecular complexity index is 3700. The highest BCUT2D eigenvalue weighted by molar-refractivity contribution is 6.11. The van der Waals surface area contributed by atoms with Crippen molar-refractivity contribution in [1.29, 1.82) is 0 Å². The fraction of sp³-hybridized carbons (Fsp3) is 0.102. The summed E-state index contributed by atoms with van der Waals surface area (Å²) in [5.74, 6) is 0.953. The van der Waals surface area contributed by atoms with Crippen LogP contribution in [-0.2, 0) is 5.41 Å². The second-order valence-electron chi connectivity index (χ2n) is 17.9. The zero-order valence-electron chi connectivity index (χ0n) is 35.8. The van der Waals surface area contributed by atoms with E-state index in [2.05, 4.69) is 195 Å². The highest BCUT2D eigenvalue weighted by Gasteiger charge is 2.40. The number of hydrogen-bond donors (Lipinski definition) is 1. The van der Waals surface area contributed by atoms with Crippen LogP contribution in [-0.4, -0.2) is 17.8 Å². The van der Waals surface area contributed by atoms with E-state index in [9.17, 15) is 0 Å². The first-order chi connectivity index (χ1) is 31.4. The molecule has 2 aliphatic rings. The molecule has 0 amide bonds. The molecule has 3 heterocycles. The van der Waals surface area contributed by atoms with Gasteiger partial charge >= 0.3 is 0 Å². The quantitative estimate of drug-likeness (QED) is 0.188. The molecule has 1 N–H and O–H groups in total. The van der Waals surface area contributed by atoms with Crippen LogP contribution < -0.4 is 5.32 Å². The van der Waals surface area contributed by atoms with Gasteiger partial charge < -0.3 is 13.7 Å². The fourth-order valence-corrected chi connectivity index (χ4v) is 10.7. The van der Waals surface area contributed by atoms with E-state index in [-0.39, 0.29) is 17.7 Å². The van der Waals surface area contributed by atoms with Crippen molar-refractivity contribution in [1.82, 2.24) is 10.2 Å². The van der Waals surface area contributed by atoms with Crippen molar-refractivity contribution >= 4 is 60.5 Å². The number of nitrogens with one attached hydrogen (secondary N) is 1. The molecule has 2 unspecified atom stereocenters. The Morgan fingerprint density at radius 2 is 1.00 bits per heavy atom. The predicted octanol–water partition coefficient (Wildman–Crippen LogP) is 15.0. The molecule has 64 heavy (non-hydrogen) atoms. The minimum atomic E-state index is -0.322.